The van der Waals surface area contributed by atoms with Gasteiger partial charge in [0.15, 0.2) is 11.5 Å². The van der Waals surface area contributed by atoms with E-state index < -0.39 is 17.6 Å². The highest BCUT2D eigenvalue weighted by molar-refractivity contribution is 6.28. The normalized spacial score (nSPS) is 15.7. The van der Waals surface area contributed by atoms with Gasteiger partial charge in [-0.2, -0.15) is 0 Å². The van der Waals surface area contributed by atoms with Crippen molar-refractivity contribution in [3.63, 3.8) is 0 Å². The van der Waals surface area contributed by atoms with Crippen molar-refractivity contribution in [3.8, 4) is 11.5 Å². The maximum Gasteiger partial charge on any atom is 0.417 e. The Kier molecular flexibility index (Phi) is 3.56. The molecule has 5 heterocycles. The molecule has 170 valence electrons. The number of pyridine rings is 2. The van der Waals surface area contributed by atoms with Crippen LogP contribution < -0.4 is 9.47 Å². The fourth-order valence-corrected chi connectivity index (χ4v) is 5.04. The zero-order chi connectivity index (χ0) is 23.4. The van der Waals surface area contributed by atoms with Crippen LogP contribution in [0.2, 0.25) is 0 Å². The molecule has 3 aromatic heterocycles. The van der Waals surface area contributed by atoms with Gasteiger partial charge >= 0.3 is 6.09 Å². The highest BCUT2D eigenvalue weighted by Crippen LogP contribution is 2.44. The second-order valence-corrected chi connectivity index (χ2v) is 9.66. The van der Waals surface area contributed by atoms with Crippen LogP contribution in [0.4, 0.5) is 4.79 Å². The van der Waals surface area contributed by atoms with Crippen LogP contribution in [0, 0.1) is 0 Å². The van der Waals surface area contributed by atoms with Crippen molar-refractivity contribution >= 4 is 50.2 Å². The Labute approximate surface area is 193 Å². The summed E-state index contributed by atoms with van der Waals surface area (Å²) >= 11 is 0. The van der Waals surface area contributed by atoms with E-state index in [9.17, 15) is 9.59 Å². The molecule has 9 heteroatoms. The quantitative estimate of drug-likeness (QED) is 0.253. The molecule has 0 bridgehead atoms. The third kappa shape index (κ3) is 2.49. The predicted molar refractivity (Wildman–Crippen MR) is 124 cm³/mol. The average molecular weight is 456 g/mol. The Hall–Kier alpha value is -4.14. The van der Waals surface area contributed by atoms with Crippen molar-refractivity contribution in [1.29, 1.82) is 0 Å². The van der Waals surface area contributed by atoms with Gasteiger partial charge in [-0.3, -0.25) is 14.2 Å². The van der Waals surface area contributed by atoms with Gasteiger partial charge in [-0.25, -0.2) is 14.7 Å². The van der Waals surface area contributed by atoms with E-state index in [1.807, 2.05) is 28.7 Å². The number of carbonyl (C=O) groups is 2. The topological polar surface area (TPSA) is 95.3 Å². The minimum Gasteiger partial charge on any atom is -0.454 e. The number of imidazole rings is 1. The van der Waals surface area contributed by atoms with E-state index in [0.29, 0.717) is 29.2 Å². The monoisotopic (exact) mass is 456 g/mol. The van der Waals surface area contributed by atoms with Crippen molar-refractivity contribution in [2.75, 3.05) is 13.3 Å². The highest BCUT2D eigenvalue weighted by atomic mass is 16.7. The summed E-state index contributed by atoms with van der Waals surface area (Å²) in [5.74, 6) is 0.842. The second-order valence-electron chi connectivity index (χ2n) is 9.66. The van der Waals surface area contributed by atoms with Crippen molar-refractivity contribution in [2.45, 2.75) is 32.8 Å². The molecule has 5 aromatic rings. The summed E-state index contributed by atoms with van der Waals surface area (Å²) in [5.41, 5.74) is 3.67. The van der Waals surface area contributed by atoms with Crippen LogP contribution in [0.25, 0.3) is 38.2 Å². The minimum atomic E-state index is -0.712. The molecule has 0 unspecified atom stereocenters. The molecule has 0 atom stereocenters. The van der Waals surface area contributed by atoms with Gasteiger partial charge in [-0.15, -0.1) is 0 Å². The van der Waals surface area contributed by atoms with Crippen molar-refractivity contribution < 1.29 is 23.8 Å². The molecule has 7 rings (SSSR count). The number of hydrogen-bond donors (Lipinski definition) is 0. The third-order valence-corrected chi connectivity index (χ3v) is 6.40. The Morgan fingerprint density at radius 1 is 1.09 bits per heavy atom. The average Bonchev–Trinajstić information content (AvgIpc) is 3.42. The lowest BCUT2D eigenvalue weighted by atomic mass is 9.93. The Bertz CT molecular complexity index is 1700. The number of imide groups is 1. The zero-order valence-electron chi connectivity index (χ0n) is 18.8. The number of carbonyl (C=O) groups excluding carboxylic acids is 2. The van der Waals surface area contributed by atoms with Gasteiger partial charge < -0.3 is 14.2 Å². The van der Waals surface area contributed by atoms with Gasteiger partial charge in [-0.05, 0) is 39.0 Å². The van der Waals surface area contributed by atoms with E-state index in [1.54, 1.807) is 27.1 Å². The fraction of sp³-hybridized carbons (Fsp3) is 0.280. The van der Waals surface area contributed by atoms with Crippen LogP contribution in [0.3, 0.4) is 0 Å². The molecule has 2 aliphatic rings. The van der Waals surface area contributed by atoms with Crippen molar-refractivity contribution in [1.82, 2.24) is 19.3 Å². The van der Waals surface area contributed by atoms with Crippen molar-refractivity contribution in [3.05, 3.63) is 41.9 Å². The number of benzene rings is 2. The van der Waals surface area contributed by atoms with Crippen LogP contribution in [0.1, 0.15) is 36.8 Å². The largest absolute Gasteiger partial charge is 0.454 e. The molecule has 34 heavy (non-hydrogen) atoms. The first-order chi connectivity index (χ1) is 16.3. The number of aromatic nitrogens is 3. The number of hydrogen-bond acceptors (Lipinski definition) is 7. The molecule has 0 saturated heterocycles. The summed E-state index contributed by atoms with van der Waals surface area (Å²) in [4.78, 5) is 37.3. The molecule has 2 aliphatic heterocycles. The van der Waals surface area contributed by atoms with Gasteiger partial charge in [0.25, 0.3) is 5.91 Å². The van der Waals surface area contributed by atoms with Crippen LogP contribution in [0.15, 0.2) is 30.6 Å². The van der Waals surface area contributed by atoms with Crippen LogP contribution in [-0.4, -0.2) is 50.2 Å². The number of nitrogens with zero attached hydrogens (tertiary/aromatic N) is 4. The summed E-state index contributed by atoms with van der Waals surface area (Å²) in [7, 11) is 0. The molecular formula is C25H20N4O5. The Morgan fingerprint density at radius 2 is 1.85 bits per heavy atom. The molecule has 0 N–H and O–H groups in total. The smallest absolute Gasteiger partial charge is 0.417 e. The van der Waals surface area contributed by atoms with Gasteiger partial charge in [0.05, 0.1) is 33.3 Å². The van der Waals surface area contributed by atoms with Crippen LogP contribution in [-0.2, 0) is 11.2 Å². The molecule has 0 spiro atoms. The lowest BCUT2D eigenvalue weighted by Gasteiger charge is -2.30. The number of ether oxygens (including phenoxy) is 3. The lowest BCUT2D eigenvalue weighted by molar-refractivity contribution is 0.0233. The minimum absolute atomic E-state index is 0.139. The number of rotatable bonds is 0. The Morgan fingerprint density at radius 3 is 2.65 bits per heavy atom. The molecule has 2 amide bonds. The third-order valence-electron chi connectivity index (χ3n) is 6.40. The van der Waals surface area contributed by atoms with Gasteiger partial charge in [0.2, 0.25) is 6.79 Å². The van der Waals surface area contributed by atoms with E-state index in [-0.39, 0.29) is 13.3 Å². The SMILES string of the molecule is CC(C)(C)OC(=O)N1CCc2nc3ccc4ncn5c6cc7c(cc6c(c2C1=O)c3c45)OCO7. The summed E-state index contributed by atoms with van der Waals surface area (Å²) in [6, 6.07) is 7.68. The maximum atomic E-state index is 13.8. The summed E-state index contributed by atoms with van der Waals surface area (Å²) < 4.78 is 18.8. The number of amides is 2. The van der Waals surface area contributed by atoms with Crippen molar-refractivity contribution in [2.24, 2.45) is 0 Å². The second kappa shape index (κ2) is 6.25. The van der Waals surface area contributed by atoms with Crippen LogP contribution >= 0.6 is 0 Å². The first-order valence-corrected chi connectivity index (χ1v) is 11.1. The zero-order valence-corrected chi connectivity index (χ0v) is 18.8. The van der Waals surface area contributed by atoms with E-state index in [0.717, 1.165) is 38.2 Å². The molecule has 9 nitrogen and oxygen atoms in total. The van der Waals surface area contributed by atoms with E-state index in [2.05, 4.69) is 4.98 Å². The molecule has 0 fully saturated rings. The first kappa shape index (κ1) is 19.3. The molecular weight excluding hydrogens is 436 g/mol. The summed E-state index contributed by atoms with van der Waals surface area (Å²) in [5, 5.41) is 2.38. The Balaban J connectivity index is 1.59. The van der Waals surface area contributed by atoms with Crippen LogP contribution in [0.5, 0.6) is 11.5 Å². The fourth-order valence-electron chi connectivity index (χ4n) is 5.04. The molecule has 2 aromatic carbocycles. The first-order valence-electron chi connectivity index (χ1n) is 11.1. The van der Waals surface area contributed by atoms with Gasteiger partial charge in [0.1, 0.15) is 11.9 Å². The number of fused-ring (bicyclic) bond motifs is 6. The standard InChI is InChI=1S/C25H20N4O5/c1-25(2,3)34-24(31)28-7-6-14-21(23(28)30)19-12-8-17-18(33-11-32-17)9-16(12)29-10-26-15-5-4-13(27-14)20(19)22(15)29/h4-5,8-10H,6-7,11H2,1-3H3. The lowest BCUT2D eigenvalue weighted by Crippen LogP contribution is -2.45. The highest BCUT2D eigenvalue weighted by Gasteiger charge is 2.36. The van der Waals surface area contributed by atoms with E-state index >= 15 is 0 Å². The van der Waals surface area contributed by atoms with E-state index in [4.69, 9.17) is 19.2 Å². The predicted octanol–water partition coefficient (Wildman–Crippen LogP) is 4.29. The molecule has 0 aliphatic carbocycles. The maximum absolute atomic E-state index is 13.8. The van der Waals surface area contributed by atoms with Gasteiger partial charge in [0, 0.05) is 35.2 Å². The van der Waals surface area contributed by atoms with Gasteiger partial charge in [-0.1, -0.05) is 0 Å². The van der Waals surface area contributed by atoms with E-state index in [1.165, 1.54) is 4.90 Å². The molecule has 0 saturated carbocycles. The molecule has 0 radical (unpaired) electrons. The summed E-state index contributed by atoms with van der Waals surface area (Å²) in [6.45, 7) is 5.70. The summed E-state index contributed by atoms with van der Waals surface area (Å²) in [6.07, 6.45) is 1.56.